The Morgan fingerprint density at radius 3 is 3.00 bits per heavy atom. The van der Waals surface area contributed by atoms with E-state index in [0.29, 0.717) is 25.0 Å². The minimum absolute atomic E-state index is 0.565. The van der Waals surface area contributed by atoms with E-state index in [2.05, 4.69) is 32.4 Å². The average molecular weight is 247 g/mol. The fraction of sp³-hybridized carbons (Fsp3) is 0.417. The first-order valence-electron chi connectivity index (χ1n) is 5.98. The Hall–Kier alpha value is -2.11. The summed E-state index contributed by atoms with van der Waals surface area (Å²) in [7, 11) is 0. The maximum Gasteiger partial charge on any atom is 0.226 e. The van der Waals surface area contributed by atoms with Gasteiger partial charge in [-0.3, -0.25) is 5.10 Å². The van der Waals surface area contributed by atoms with Gasteiger partial charge in [-0.15, -0.1) is 0 Å². The second-order valence-electron chi connectivity index (χ2n) is 3.96. The largest absolute Gasteiger partial charge is 0.478 e. The number of nitrogens with zero attached hydrogens (tertiary/aromatic N) is 3. The van der Waals surface area contributed by atoms with Crippen LogP contribution in [0.3, 0.4) is 0 Å². The number of aryl methyl sites for hydroxylation is 1. The molecular formula is C12H17N5O. The molecule has 6 nitrogen and oxygen atoms in total. The molecule has 0 fully saturated rings. The number of H-pyrrole nitrogens is 1. The summed E-state index contributed by atoms with van der Waals surface area (Å²) in [5.74, 6) is 1.17. The highest BCUT2D eigenvalue weighted by Crippen LogP contribution is 2.12. The molecule has 0 unspecified atom stereocenters. The molecule has 96 valence electrons. The lowest BCUT2D eigenvalue weighted by Gasteiger charge is -2.08. The lowest BCUT2D eigenvalue weighted by Crippen LogP contribution is -2.07. The lowest BCUT2D eigenvalue weighted by molar-refractivity contribution is 0.305. The van der Waals surface area contributed by atoms with Crippen molar-refractivity contribution in [2.24, 2.45) is 0 Å². The van der Waals surface area contributed by atoms with E-state index in [4.69, 9.17) is 4.74 Å². The number of hydrogen-bond acceptors (Lipinski definition) is 5. The van der Waals surface area contributed by atoms with E-state index < -0.39 is 0 Å². The van der Waals surface area contributed by atoms with E-state index in [-0.39, 0.29) is 0 Å². The molecule has 0 bridgehead atoms. The number of ether oxygens (including phenoxy) is 1. The van der Waals surface area contributed by atoms with E-state index >= 15 is 0 Å². The molecule has 0 radical (unpaired) electrons. The Morgan fingerprint density at radius 1 is 1.39 bits per heavy atom. The predicted octanol–water partition coefficient (Wildman–Crippen LogP) is 1.91. The van der Waals surface area contributed by atoms with Crippen LogP contribution in [0.25, 0.3) is 0 Å². The van der Waals surface area contributed by atoms with Crippen molar-refractivity contribution in [1.82, 2.24) is 20.2 Å². The molecular weight excluding hydrogens is 230 g/mol. The summed E-state index contributed by atoms with van der Waals surface area (Å²) in [6.45, 7) is 5.25. The highest BCUT2D eigenvalue weighted by Gasteiger charge is 2.03. The van der Waals surface area contributed by atoms with Crippen molar-refractivity contribution in [3.63, 3.8) is 0 Å². The van der Waals surface area contributed by atoms with Crippen LogP contribution in [0.2, 0.25) is 0 Å². The summed E-state index contributed by atoms with van der Waals surface area (Å²) in [6.07, 6.45) is 2.67. The minimum atomic E-state index is 0.565. The summed E-state index contributed by atoms with van der Waals surface area (Å²) in [6, 6.07) is 3.73. The normalized spacial score (nSPS) is 10.3. The molecule has 2 N–H and O–H groups in total. The Bertz CT molecular complexity index is 483. The van der Waals surface area contributed by atoms with Crippen molar-refractivity contribution in [1.29, 1.82) is 0 Å². The molecule has 0 atom stereocenters. The van der Waals surface area contributed by atoms with Gasteiger partial charge in [-0.1, -0.05) is 6.92 Å². The summed E-state index contributed by atoms with van der Waals surface area (Å²) >= 11 is 0. The molecule has 0 aliphatic rings. The topological polar surface area (TPSA) is 75.7 Å². The maximum atomic E-state index is 5.50. The van der Waals surface area contributed by atoms with Crippen LogP contribution < -0.4 is 10.1 Å². The van der Waals surface area contributed by atoms with Gasteiger partial charge in [0.25, 0.3) is 0 Å². The zero-order chi connectivity index (χ0) is 12.8. The predicted molar refractivity (Wildman–Crippen MR) is 68.5 cm³/mol. The molecule has 0 aliphatic carbocycles. The van der Waals surface area contributed by atoms with Crippen molar-refractivity contribution < 1.29 is 4.74 Å². The van der Waals surface area contributed by atoms with Crippen LogP contribution in [-0.2, 0) is 6.54 Å². The van der Waals surface area contributed by atoms with Crippen LogP contribution in [0.1, 0.15) is 24.7 Å². The highest BCUT2D eigenvalue weighted by molar-refractivity contribution is 5.31. The third kappa shape index (κ3) is 3.44. The molecule has 2 aromatic heterocycles. The molecule has 6 heteroatoms. The molecule has 0 aliphatic heterocycles. The zero-order valence-corrected chi connectivity index (χ0v) is 10.6. The summed E-state index contributed by atoms with van der Waals surface area (Å²) in [5.41, 5.74) is 1.86. The Kier molecular flexibility index (Phi) is 4.11. The minimum Gasteiger partial charge on any atom is -0.478 e. The van der Waals surface area contributed by atoms with Crippen molar-refractivity contribution in [2.45, 2.75) is 26.8 Å². The van der Waals surface area contributed by atoms with Gasteiger partial charge >= 0.3 is 0 Å². The van der Waals surface area contributed by atoms with Crippen LogP contribution in [-0.4, -0.2) is 26.8 Å². The fourth-order valence-electron chi connectivity index (χ4n) is 1.46. The average Bonchev–Trinajstić information content (AvgIpc) is 2.86. The van der Waals surface area contributed by atoms with Gasteiger partial charge in [0.15, 0.2) is 0 Å². The van der Waals surface area contributed by atoms with E-state index in [9.17, 15) is 0 Å². The van der Waals surface area contributed by atoms with Crippen molar-refractivity contribution >= 4 is 5.95 Å². The van der Waals surface area contributed by atoms with Gasteiger partial charge in [0.2, 0.25) is 11.8 Å². The van der Waals surface area contributed by atoms with Crippen molar-refractivity contribution in [2.75, 3.05) is 11.9 Å². The van der Waals surface area contributed by atoms with Crippen molar-refractivity contribution in [3.05, 3.63) is 29.7 Å². The standard InChI is InChI=1S/C12H17N5O/c1-3-6-18-11-7-9(2)15-12(16-11)13-8-10-4-5-14-17-10/h4-5,7H,3,6,8H2,1-2H3,(H,14,17)(H,13,15,16). The van der Waals surface area contributed by atoms with Crippen LogP contribution >= 0.6 is 0 Å². The number of hydrogen-bond donors (Lipinski definition) is 2. The maximum absolute atomic E-state index is 5.50. The second kappa shape index (κ2) is 6.00. The quantitative estimate of drug-likeness (QED) is 0.815. The highest BCUT2D eigenvalue weighted by atomic mass is 16.5. The first-order valence-corrected chi connectivity index (χ1v) is 5.98. The van der Waals surface area contributed by atoms with Crippen molar-refractivity contribution in [3.8, 4) is 5.88 Å². The van der Waals surface area contributed by atoms with Gasteiger partial charge in [0.05, 0.1) is 18.8 Å². The van der Waals surface area contributed by atoms with Gasteiger partial charge in [-0.2, -0.15) is 10.1 Å². The van der Waals surface area contributed by atoms with Gasteiger partial charge in [-0.05, 0) is 19.4 Å². The fourth-order valence-corrected chi connectivity index (χ4v) is 1.46. The number of nitrogens with one attached hydrogen (secondary N) is 2. The SMILES string of the molecule is CCCOc1cc(C)nc(NCc2ccn[nH]2)n1. The van der Waals surface area contributed by atoms with E-state index in [0.717, 1.165) is 17.8 Å². The van der Waals surface area contributed by atoms with Crippen LogP contribution in [0.15, 0.2) is 18.3 Å². The molecule has 0 spiro atoms. The van der Waals surface area contributed by atoms with Crippen LogP contribution in [0.4, 0.5) is 5.95 Å². The van der Waals surface area contributed by atoms with Gasteiger partial charge in [-0.25, -0.2) is 4.98 Å². The number of aromatic amines is 1. The summed E-state index contributed by atoms with van der Waals surface area (Å²) in [4.78, 5) is 8.60. The molecule has 0 saturated heterocycles. The molecule has 2 rings (SSSR count). The molecule has 2 aromatic rings. The van der Waals surface area contributed by atoms with Gasteiger partial charge in [0, 0.05) is 18.0 Å². The first-order chi connectivity index (χ1) is 8.78. The molecule has 0 saturated carbocycles. The van der Waals surface area contributed by atoms with E-state index in [1.165, 1.54) is 0 Å². The summed E-state index contributed by atoms with van der Waals surface area (Å²) in [5, 5.41) is 9.88. The lowest BCUT2D eigenvalue weighted by atomic mass is 10.4. The second-order valence-corrected chi connectivity index (χ2v) is 3.96. The molecule has 0 aromatic carbocycles. The van der Waals surface area contributed by atoms with Gasteiger partial charge < -0.3 is 10.1 Å². The molecule has 2 heterocycles. The number of aromatic nitrogens is 4. The third-order valence-corrected chi connectivity index (χ3v) is 2.28. The smallest absolute Gasteiger partial charge is 0.226 e. The Morgan fingerprint density at radius 2 is 2.28 bits per heavy atom. The third-order valence-electron chi connectivity index (χ3n) is 2.28. The van der Waals surface area contributed by atoms with E-state index in [1.54, 1.807) is 6.20 Å². The Balaban J connectivity index is 2.00. The zero-order valence-electron chi connectivity index (χ0n) is 10.6. The van der Waals surface area contributed by atoms with Crippen LogP contribution in [0.5, 0.6) is 5.88 Å². The van der Waals surface area contributed by atoms with Crippen LogP contribution in [0, 0.1) is 6.92 Å². The number of rotatable bonds is 6. The summed E-state index contributed by atoms with van der Waals surface area (Å²) < 4.78 is 5.50. The Labute approximate surface area is 106 Å². The number of anilines is 1. The molecule has 0 amide bonds. The first kappa shape index (κ1) is 12.3. The van der Waals surface area contributed by atoms with E-state index in [1.807, 2.05) is 19.1 Å². The van der Waals surface area contributed by atoms with Gasteiger partial charge in [0.1, 0.15) is 0 Å². The molecule has 18 heavy (non-hydrogen) atoms. The monoisotopic (exact) mass is 247 g/mol.